The molecule has 2 rings (SSSR count). The Kier molecular flexibility index (Phi) is 3.66. The second kappa shape index (κ2) is 5.20. The number of anilines is 1. The first-order valence-corrected chi connectivity index (χ1v) is 5.32. The molecule has 0 bridgehead atoms. The van der Waals surface area contributed by atoms with Crippen molar-refractivity contribution < 1.29 is 9.84 Å². The molecule has 1 aliphatic heterocycles. The Morgan fingerprint density at radius 2 is 2.38 bits per heavy atom. The molecule has 6 nitrogen and oxygen atoms in total. The maximum atomic E-state index is 9.03. The Labute approximate surface area is 94.1 Å². The molecule has 0 aromatic carbocycles. The van der Waals surface area contributed by atoms with Crippen LogP contribution in [-0.4, -0.2) is 47.5 Å². The highest BCUT2D eigenvalue weighted by Gasteiger charge is 2.20. The number of ether oxygens (including phenoxy) is 1. The van der Waals surface area contributed by atoms with Gasteiger partial charge in [-0.2, -0.15) is 0 Å². The summed E-state index contributed by atoms with van der Waals surface area (Å²) in [5.41, 5.74) is 6.23. The first-order valence-electron chi connectivity index (χ1n) is 5.32. The van der Waals surface area contributed by atoms with E-state index in [2.05, 4.69) is 14.9 Å². The summed E-state index contributed by atoms with van der Waals surface area (Å²) in [6, 6.07) is 0. The normalized spacial score (nSPS) is 21.1. The molecule has 0 amide bonds. The van der Waals surface area contributed by atoms with Crippen LogP contribution in [0.25, 0.3) is 0 Å². The highest BCUT2D eigenvalue weighted by molar-refractivity contribution is 5.36. The topological polar surface area (TPSA) is 84.5 Å². The Balaban J connectivity index is 2.05. The minimum absolute atomic E-state index is 0.0326. The van der Waals surface area contributed by atoms with Gasteiger partial charge in [-0.15, -0.1) is 0 Å². The predicted octanol–water partition coefficient (Wildman–Crippen LogP) is -0.867. The maximum absolute atomic E-state index is 9.03. The maximum Gasteiger partial charge on any atom is 0.147 e. The molecule has 1 aliphatic rings. The van der Waals surface area contributed by atoms with Crippen LogP contribution >= 0.6 is 0 Å². The summed E-state index contributed by atoms with van der Waals surface area (Å²) in [5, 5.41) is 9.03. The lowest BCUT2D eigenvalue weighted by Gasteiger charge is -2.32. The molecular weight excluding hydrogens is 208 g/mol. The monoisotopic (exact) mass is 224 g/mol. The predicted molar refractivity (Wildman–Crippen MR) is 59.0 cm³/mol. The SMILES string of the molecule is NCc1cnc(N2CCOC(CO)C2)cn1. The first-order chi connectivity index (χ1) is 7.83. The van der Waals surface area contributed by atoms with E-state index >= 15 is 0 Å². The molecule has 0 radical (unpaired) electrons. The van der Waals surface area contributed by atoms with Gasteiger partial charge in [0.15, 0.2) is 0 Å². The molecule has 0 saturated carbocycles. The number of nitrogens with zero attached hydrogens (tertiary/aromatic N) is 3. The van der Waals surface area contributed by atoms with Gasteiger partial charge in [0.1, 0.15) is 5.82 Å². The second-order valence-electron chi connectivity index (χ2n) is 3.69. The van der Waals surface area contributed by atoms with Gasteiger partial charge in [0.2, 0.25) is 0 Å². The summed E-state index contributed by atoms with van der Waals surface area (Å²) < 4.78 is 5.36. The summed E-state index contributed by atoms with van der Waals surface area (Å²) in [6.07, 6.45) is 3.26. The number of aliphatic hydroxyl groups is 1. The standard InChI is InChI=1S/C10H16N4O2/c11-3-8-4-13-10(5-12-8)14-1-2-16-9(6-14)7-15/h4-5,9,15H,1-3,6-7,11H2. The molecule has 2 heterocycles. The van der Waals surface area contributed by atoms with Crippen LogP contribution < -0.4 is 10.6 Å². The fraction of sp³-hybridized carbons (Fsp3) is 0.600. The van der Waals surface area contributed by atoms with Crippen LogP contribution in [0.4, 0.5) is 5.82 Å². The molecule has 1 aromatic rings. The average Bonchev–Trinajstić information content (AvgIpc) is 2.39. The number of hydrogen-bond donors (Lipinski definition) is 2. The zero-order valence-electron chi connectivity index (χ0n) is 9.04. The van der Waals surface area contributed by atoms with Crippen molar-refractivity contribution >= 4 is 5.82 Å². The fourth-order valence-electron chi connectivity index (χ4n) is 1.65. The Morgan fingerprint density at radius 3 is 3.00 bits per heavy atom. The van der Waals surface area contributed by atoms with E-state index in [4.69, 9.17) is 15.6 Å². The van der Waals surface area contributed by atoms with E-state index in [-0.39, 0.29) is 12.7 Å². The summed E-state index contributed by atoms with van der Waals surface area (Å²) in [4.78, 5) is 10.5. The molecular formula is C10H16N4O2. The van der Waals surface area contributed by atoms with E-state index in [1.807, 2.05) is 0 Å². The number of hydrogen-bond acceptors (Lipinski definition) is 6. The van der Waals surface area contributed by atoms with E-state index in [9.17, 15) is 0 Å². The molecule has 0 spiro atoms. The molecule has 3 N–H and O–H groups in total. The second-order valence-corrected chi connectivity index (χ2v) is 3.69. The lowest BCUT2D eigenvalue weighted by Crippen LogP contribution is -2.44. The van der Waals surface area contributed by atoms with Crippen LogP contribution in [0.5, 0.6) is 0 Å². The van der Waals surface area contributed by atoms with Crippen molar-refractivity contribution in [1.82, 2.24) is 9.97 Å². The van der Waals surface area contributed by atoms with E-state index in [1.165, 1.54) is 0 Å². The van der Waals surface area contributed by atoms with Gasteiger partial charge in [-0.3, -0.25) is 4.98 Å². The van der Waals surface area contributed by atoms with Gasteiger partial charge in [0.25, 0.3) is 0 Å². The lowest BCUT2D eigenvalue weighted by atomic mass is 10.3. The van der Waals surface area contributed by atoms with Crippen molar-refractivity contribution in [2.75, 3.05) is 31.2 Å². The number of aliphatic hydroxyl groups excluding tert-OH is 1. The zero-order chi connectivity index (χ0) is 11.4. The number of morpholine rings is 1. The molecule has 1 aromatic heterocycles. The third-order valence-corrected chi connectivity index (χ3v) is 2.57. The Hall–Kier alpha value is -1.24. The summed E-state index contributed by atoms with van der Waals surface area (Å²) in [5.74, 6) is 0.805. The molecule has 16 heavy (non-hydrogen) atoms. The minimum atomic E-state index is -0.135. The van der Waals surface area contributed by atoms with Gasteiger partial charge in [0, 0.05) is 19.6 Å². The van der Waals surface area contributed by atoms with E-state index in [0.29, 0.717) is 19.7 Å². The van der Waals surface area contributed by atoms with Crippen molar-refractivity contribution in [1.29, 1.82) is 0 Å². The molecule has 1 fully saturated rings. The molecule has 6 heteroatoms. The molecule has 1 unspecified atom stereocenters. The number of aromatic nitrogens is 2. The Morgan fingerprint density at radius 1 is 1.50 bits per heavy atom. The van der Waals surface area contributed by atoms with Crippen LogP contribution in [0.15, 0.2) is 12.4 Å². The van der Waals surface area contributed by atoms with Gasteiger partial charge >= 0.3 is 0 Å². The summed E-state index contributed by atoms with van der Waals surface area (Å²) in [7, 11) is 0. The van der Waals surface area contributed by atoms with Crippen molar-refractivity contribution in [3.05, 3.63) is 18.1 Å². The van der Waals surface area contributed by atoms with Crippen LogP contribution in [0.3, 0.4) is 0 Å². The Bertz CT molecular complexity index is 330. The summed E-state index contributed by atoms with van der Waals surface area (Å²) in [6.45, 7) is 2.45. The summed E-state index contributed by atoms with van der Waals surface area (Å²) >= 11 is 0. The van der Waals surface area contributed by atoms with Crippen LogP contribution in [0, 0.1) is 0 Å². The van der Waals surface area contributed by atoms with Crippen molar-refractivity contribution in [3.63, 3.8) is 0 Å². The highest BCUT2D eigenvalue weighted by atomic mass is 16.5. The number of rotatable bonds is 3. The van der Waals surface area contributed by atoms with E-state index < -0.39 is 0 Å². The van der Waals surface area contributed by atoms with Crippen molar-refractivity contribution in [2.24, 2.45) is 5.73 Å². The van der Waals surface area contributed by atoms with E-state index in [1.54, 1.807) is 12.4 Å². The molecule has 1 saturated heterocycles. The highest BCUT2D eigenvalue weighted by Crippen LogP contribution is 2.13. The third-order valence-electron chi connectivity index (χ3n) is 2.57. The van der Waals surface area contributed by atoms with Gasteiger partial charge in [-0.1, -0.05) is 0 Å². The smallest absolute Gasteiger partial charge is 0.147 e. The minimum Gasteiger partial charge on any atom is -0.394 e. The average molecular weight is 224 g/mol. The van der Waals surface area contributed by atoms with Crippen LogP contribution in [-0.2, 0) is 11.3 Å². The number of nitrogens with two attached hydrogens (primary N) is 1. The van der Waals surface area contributed by atoms with E-state index in [0.717, 1.165) is 18.1 Å². The van der Waals surface area contributed by atoms with Crippen molar-refractivity contribution in [2.45, 2.75) is 12.6 Å². The molecule has 1 atom stereocenters. The molecule has 0 aliphatic carbocycles. The van der Waals surface area contributed by atoms with Crippen LogP contribution in [0.1, 0.15) is 5.69 Å². The quantitative estimate of drug-likeness (QED) is 0.694. The van der Waals surface area contributed by atoms with Gasteiger partial charge in [-0.05, 0) is 0 Å². The largest absolute Gasteiger partial charge is 0.394 e. The third kappa shape index (κ3) is 2.46. The fourth-order valence-corrected chi connectivity index (χ4v) is 1.65. The lowest BCUT2D eigenvalue weighted by molar-refractivity contribution is 0.00334. The van der Waals surface area contributed by atoms with Crippen molar-refractivity contribution in [3.8, 4) is 0 Å². The zero-order valence-corrected chi connectivity index (χ0v) is 9.04. The van der Waals surface area contributed by atoms with Gasteiger partial charge in [0.05, 0.1) is 37.4 Å². The first kappa shape index (κ1) is 11.3. The molecule has 88 valence electrons. The van der Waals surface area contributed by atoms with Crippen LogP contribution in [0.2, 0.25) is 0 Å². The van der Waals surface area contributed by atoms with Gasteiger partial charge < -0.3 is 20.5 Å². The van der Waals surface area contributed by atoms with Gasteiger partial charge in [-0.25, -0.2) is 4.98 Å².